The van der Waals surface area contributed by atoms with Gasteiger partial charge in [-0.2, -0.15) is 17.5 Å². The Labute approximate surface area is 184 Å². The maximum Gasteiger partial charge on any atom is 0.416 e. The summed E-state index contributed by atoms with van der Waals surface area (Å²) in [5.74, 6) is 0.376. The molecule has 1 atom stereocenters. The Kier molecular flexibility index (Phi) is 5.71. The van der Waals surface area contributed by atoms with Crippen molar-refractivity contribution in [3.63, 3.8) is 0 Å². The minimum atomic E-state index is -4.52. The number of sulfonamides is 1. The lowest BCUT2D eigenvalue weighted by Crippen LogP contribution is -2.20. The van der Waals surface area contributed by atoms with Crippen LogP contribution in [0.1, 0.15) is 23.7 Å². The monoisotopic (exact) mass is 491 g/mol. The SMILES string of the molecule is O=S(=O)(Nc1ncns1)c1ccc2c(c1)OCC[C@H]2Oc1ccc(C(F)(F)F)cc1Cl. The van der Waals surface area contributed by atoms with Crippen LogP contribution in [-0.4, -0.2) is 24.4 Å². The largest absolute Gasteiger partial charge is 0.493 e. The highest BCUT2D eigenvalue weighted by molar-refractivity contribution is 7.93. The molecule has 0 saturated carbocycles. The Morgan fingerprint density at radius 2 is 2.03 bits per heavy atom. The number of hydrogen-bond acceptors (Lipinski definition) is 7. The summed E-state index contributed by atoms with van der Waals surface area (Å²) < 4.78 is 81.0. The highest BCUT2D eigenvalue weighted by atomic mass is 35.5. The van der Waals surface area contributed by atoms with E-state index >= 15 is 0 Å². The zero-order chi connectivity index (χ0) is 22.2. The van der Waals surface area contributed by atoms with Crippen molar-refractivity contribution in [3.05, 3.63) is 58.9 Å². The Bertz CT molecular complexity index is 1200. The fraction of sp³-hybridized carbons (Fsp3) is 0.222. The lowest BCUT2D eigenvalue weighted by atomic mass is 10.0. The summed E-state index contributed by atoms with van der Waals surface area (Å²) in [5, 5.41) is -0.0554. The smallest absolute Gasteiger partial charge is 0.416 e. The fourth-order valence-electron chi connectivity index (χ4n) is 2.94. The standard InChI is InChI=1S/C18H13ClF3N3O4S2/c19-13-7-10(18(20,21)22)1-4-15(13)29-14-5-6-28-16-8-11(2-3-12(14)16)31(26,27)25-17-23-9-24-30-17/h1-4,7-9,14H,5-6H2,(H,23,24,25)/t14-/m1/s1. The minimum Gasteiger partial charge on any atom is -0.493 e. The average Bonchev–Trinajstić information content (AvgIpc) is 3.21. The number of alkyl halides is 3. The van der Waals surface area contributed by atoms with Gasteiger partial charge in [0.15, 0.2) is 0 Å². The van der Waals surface area contributed by atoms with Gasteiger partial charge in [-0.15, -0.1) is 0 Å². The van der Waals surface area contributed by atoms with Crippen LogP contribution in [0.3, 0.4) is 0 Å². The van der Waals surface area contributed by atoms with E-state index in [1.165, 1.54) is 24.5 Å². The van der Waals surface area contributed by atoms with Gasteiger partial charge in [0.2, 0.25) is 5.13 Å². The number of fused-ring (bicyclic) bond motifs is 1. The van der Waals surface area contributed by atoms with Crippen molar-refractivity contribution < 1.29 is 31.1 Å². The summed E-state index contributed by atoms with van der Waals surface area (Å²) in [5.41, 5.74) is -0.327. The molecule has 0 spiro atoms. The van der Waals surface area contributed by atoms with Crippen LogP contribution in [0.2, 0.25) is 5.02 Å². The molecule has 0 bridgehead atoms. The van der Waals surface area contributed by atoms with Gasteiger partial charge >= 0.3 is 6.18 Å². The van der Waals surface area contributed by atoms with Crippen molar-refractivity contribution in [2.24, 2.45) is 0 Å². The van der Waals surface area contributed by atoms with E-state index in [1.54, 1.807) is 0 Å². The zero-order valence-electron chi connectivity index (χ0n) is 15.4. The molecule has 13 heteroatoms. The third-order valence-corrected chi connectivity index (χ3v) is 6.73. The predicted octanol–water partition coefficient (Wildman–Crippen LogP) is 4.91. The van der Waals surface area contributed by atoms with Gasteiger partial charge < -0.3 is 9.47 Å². The number of nitrogens with zero attached hydrogens (tertiary/aromatic N) is 2. The van der Waals surface area contributed by atoms with E-state index in [4.69, 9.17) is 21.1 Å². The van der Waals surface area contributed by atoms with Gasteiger partial charge in [-0.25, -0.2) is 13.4 Å². The number of rotatable bonds is 5. The molecular formula is C18H13ClF3N3O4S2. The van der Waals surface area contributed by atoms with Crippen molar-refractivity contribution in [1.29, 1.82) is 0 Å². The first-order chi connectivity index (χ1) is 14.6. The molecule has 31 heavy (non-hydrogen) atoms. The number of halogens is 4. The van der Waals surface area contributed by atoms with Crippen LogP contribution >= 0.6 is 23.1 Å². The van der Waals surface area contributed by atoms with E-state index in [1.807, 2.05) is 0 Å². The molecule has 1 N–H and O–H groups in total. The first kappa shape index (κ1) is 21.7. The van der Waals surface area contributed by atoms with E-state index < -0.39 is 27.9 Å². The lowest BCUT2D eigenvalue weighted by molar-refractivity contribution is -0.137. The zero-order valence-corrected chi connectivity index (χ0v) is 17.8. The van der Waals surface area contributed by atoms with Crippen molar-refractivity contribution in [2.75, 3.05) is 11.3 Å². The second-order valence-electron chi connectivity index (χ2n) is 6.44. The lowest BCUT2D eigenvalue weighted by Gasteiger charge is -2.27. The third kappa shape index (κ3) is 4.70. The normalized spacial score (nSPS) is 16.3. The summed E-state index contributed by atoms with van der Waals surface area (Å²) in [7, 11) is -3.91. The van der Waals surface area contributed by atoms with E-state index in [0.717, 1.165) is 29.7 Å². The Hall–Kier alpha value is -2.57. The second kappa shape index (κ2) is 8.17. The molecule has 0 fully saturated rings. The number of benzene rings is 2. The van der Waals surface area contributed by atoms with Crippen molar-refractivity contribution in [2.45, 2.75) is 23.6 Å². The highest BCUT2D eigenvalue weighted by Crippen LogP contribution is 2.40. The topological polar surface area (TPSA) is 90.4 Å². The van der Waals surface area contributed by atoms with E-state index in [9.17, 15) is 21.6 Å². The van der Waals surface area contributed by atoms with Gasteiger partial charge in [-0.05, 0) is 24.3 Å². The van der Waals surface area contributed by atoms with Crippen LogP contribution in [0.25, 0.3) is 0 Å². The quantitative estimate of drug-likeness (QED) is 0.545. The Morgan fingerprint density at radius 3 is 2.71 bits per heavy atom. The molecule has 2 aromatic carbocycles. The third-order valence-electron chi connectivity index (χ3n) is 4.39. The fourth-order valence-corrected chi connectivity index (χ4v) is 4.85. The molecule has 0 aliphatic carbocycles. The molecule has 1 aliphatic rings. The summed E-state index contributed by atoms with van der Waals surface area (Å²) in [6, 6.07) is 7.10. The molecule has 0 amide bonds. The second-order valence-corrected chi connectivity index (χ2v) is 9.31. The maximum absolute atomic E-state index is 12.8. The van der Waals surface area contributed by atoms with Crippen molar-refractivity contribution in [1.82, 2.24) is 9.36 Å². The van der Waals surface area contributed by atoms with Crippen molar-refractivity contribution >= 4 is 38.3 Å². The first-order valence-electron chi connectivity index (χ1n) is 8.73. The molecule has 0 saturated heterocycles. The van der Waals surface area contributed by atoms with E-state index in [0.29, 0.717) is 17.7 Å². The Balaban J connectivity index is 1.58. The van der Waals surface area contributed by atoms with Gasteiger partial charge in [-0.3, -0.25) is 4.72 Å². The molecule has 3 aromatic rings. The molecular weight excluding hydrogens is 479 g/mol. The van der Waals surface area contributed by atoms with Gasteiger partial charge in [0.25, 0.3) is 10.0 Å². The van der Waals surface area contributed by atoms with Crippen LogP contribution < -0.4 is 14.2 Å². The summed E-state index contributed by atoms with van der Waals surface area (Å²) in [6.45, 7) is 0.225. The molecule has 1 aromatic heterocycles. The molecule has 0 radical (unpaired) electrons. The average molecular weight is 492 g/mol. The number of nitrogens with one attached hydrogen (secondary N) is 1. The molecule has 164 valence electrons. The molecule has 4 rings (SSSR count). The molecule has 7 nitrogen and oxygen atoms in total. The Morgan fingerprint density at radius 1 is 1.23 bits per heavy atom. The van der Waals surface area contributed by atoms with Gasteiger partial charge in [0, 0.05) is 29.6 Å². The summed E-state index contributed by atoms with van der Waals surface area (Å²) in [4.78, 5) is 3.74. The molecule has 0 unspecified atom stereocenters. The van der Waals surface area contributed by atoms with Crippen LogP contribution in [0.4, 0.5) is 18.3 Å². The number of aromatic nitrogens is 2. The number of anilines is 1. The van der Waals surface area contributed by atoms with Crippen LogP contribution in [0, 0.1) is 0 Å². The van der Waals surface area contributed by atoms with E-state index in [-0.39, 0.29) is 27.4 Å². The highest BCUT2D eigenvalue weighted by Gasteiger charge is 2.32. The van der Waals surface area contributed by atoms with Gasteiger partial charge in [0.1, 0.15) is 23.9 Å². The maximum atomic E-state index is 12.8. The molecule has 1 aliphatic heterocycles. The number of hydrogen-bond donors (Lipinski definition) is 1. The van der Waals surface area contributed by atoms with Crippen LogP contribution in [0.15, 0.2) is 47.6 Å². The van der Waals surface area contributed by atoms with Gasteiger partial charge in [-0.1, -0.05) is 17.7 Å². The van der Waals surface area contributed by atoms with Crippen LogP contribution in [-0.2, 0) is 16.2 Å². The predicted molar refractivity (Wildman–Crippen MR) is 107 cm³/mol. The van der Waals surface area contributed by atoms with Crippen molar-refractivity contribution in [3.8, 4) is 11.5 Å². The first-order valence-corrected chi connectivity index (χ1v) is 11.4. The summed E-state index contributed by atoms with van der Waals surface area (Å²) in [6.07, 6.45) is -3.46. The van der Waals surface area contributed by atoms with E-state index in [2.05, 4.69) is 14.1 Å². The number of ether oxygens (including phenoxy) is 2. The minimum absolute atomic E-state index is 0.0466. The van der Waals surface area contributed by atoms with Crippen LogP contribution in [0.5, 0.6) is 11.5 Å². The molecule has 2 heterocycles. The summed E-state index contributed by atoms with van der Waals surface area (Å²) >= 11 is 6.87. The van der Waals surface area contributed by atoms with Gasteiger partial charge in [0.05, 0.1) is 22.1 Å².